The van der Waals surface area contributed by atoms with E-state index in [0.717, 1.165) is 49.1 Å². The first-order chi connectivity index (χ1) is 17.0. The smallest absolute Gasteiger partial charge is 0.227 e. The minimum atomic E-state index is -1.30. The summed E-state index contributed by atoms with van der Waals surface area (Å²) >= 11 is 0. The molecule has 0 radical (unpaired) electrons. The molecule has 0 aliphatic carbocycles. The van der Waals surface area contributed by atoms with Gasteiger partial charge in [-0.05, 0) is 50.1 Å². The summed E-state index contributed by atoms with van der Waals surface area (Å²) in [5.74, 6) is 0.761. The topological polar surface area (TPSA) is 66.0 Å². The Morgan fingerprint density at radius 3 is 2.63 bits per heavy atom. The molecule has 2 aliphatic heterocycles. The van der Waals surface area contributed by atoms with Crippen LogP contribution in [0.2, 0.25) is 0 Å². The lowest BCUT2D eigenvalue weighted by Crippen LogP contribution is -2.52. The maximum absolute atomic E-state index is 13.4. The van der Waals surface area contributed by atoms with Crippen molar-refractivity contribution in [3.63, 3.8) is 0 Å². The molecule has 0 bridgehead atoms. The molecule has 0 saturated carbocycles. The largest absolute Gasteiger partial charge is 0.497 e. The third kappa shape index (κ3) is 5.04. The van der Waals surface area contributed by atoms with Crippen LogP contribution in [0.3, 0.4) is 0 Å². The van der Waals surface area contributed by atoms with Gasteiger partial charge in [-0.2, -0.15) is 0 Å². The first kappa shape index (κ1) is 23.8. The number of methoxy groups -OCH3 is 1. The summed E-state index contributed by atoms with van der Waals surface area (Å²) in [5.41, 5.74) is 3.20. The molecule has 0 N–H and O–H groups in total. The molecule has 3 heterocycles. The summed E-state index contributed by atoms with van der Waals surface area (Å²) in [7, 11) is 0.305. The van der Waals surface area contributed by atoms with Crippen molar-refractivity contribution >= 4 is 33.5 Å². The van der Waals surface area contributed by atoms with E-state index in [9.17, 15) is 9.00 Å². The lowest BCUT2D eigenvalue weighted by atomic mass is 9.97. The summed E-state index contributed by atoms with van der Waals surface area (Å²) in [5, 5.41) is 1.15. The number of piperazine rings is 1. The molecule has 184 valence electrons. The number of carbonyl (C=O) groups is 1. The molecule has 35 heavy (non-hydrogen) atoms. The van der Waals surface area contributed by atoms with E-state index in [1.807, 2.05) is 52.5 Å². The highest BCUT2D eigenvalue weighted by molar-refractivity contribution is 7.82. The molecular weight excluding hydrogens is 460 g/mol. The molecule has 1 aromatic heterocycles. The zero-order chi connectivity index (χ0) is 24.4. The third-order valence-corrected chi connectivity index (χ3v) is 8.42. The number of aryl methyl sites for hydroxylation is 1. The maximum Gasteiger partial charge on any atom is 0.227 e. The number of hydrogen-bond donors (Lipinski definition) is 0. The molecule has 2 saturated heterocycles. The van der Waals surface area contributed by atoms with E-state index in [0.29, 0.717) is 30.3 Å². The van der Waals surface area contributed by atoms with Crippen LogP contribution < -0.4 is 9.64 Å². The molecule has 5 rings (SSSR count). The number of rotatable bonds is 5. The second-order valence-corrected chi connectivity index (χ2v) is 10.8. The number of amides is 1. The number of benzene rings is 2. The van der Waals surface area contributed by atoms with Gasteiger partial charge in [-0.1, -0.05) is 24.3 Å². The van der Waals surface area contributed by atoms with Crippen molar-refractivity contribution in [2.75, 3.05) is 51.3 Å². The van der Waals surface area contributed by atoms with Crippen LogP contribution in [0, 0.1) is 12.8 Å². The highest BCUT2D eigenvalue weighted by atomic mass is 32.2. The van der Waals surface area contributed by atoms with E-state index in [1.54, 1.807) is 7.11 Å². The zero-order valence-electron chi connectivity index (χ0n) is 20.4. The van der Waals surface area contributed by atoms with E-state index in [4.69, 9.17) is 4.74 Å². The summed E-state index contributed by atoms with van der Waals surface area (Å²) in [6.07, 6.45) is 1.72. The molecule has 2 aromatic carbocycles. The van der Waals surface area contributed by atoms with Crippen molar-refractivity contribution in [2.45, 2.75) is 24.7 Å². The maximum atomic E-state index is 13.4. The molecule has 2 atom stereocenters. The molecule has 2 fully saturated rings. The monoisotopic (exact) mass is 492 g/mol. The van der Waals surface area contributed by atoms with Crippen LogP contribution >= 0.6 is 0 Å². The van der Waals surface area contributed by atoms with Gasteiger partial charge in [-0.3, -0.25) is 9.78 Å². The number of hydrogen-bond acceptors (Lipinski definition) is 5. The summed E-state index contributed by atoms with van der Waals surface area (Å²) in [6.45, 7) is 6.28. The minimum Gasteiger partial charge on any atom is -0.497 e. The molecule has 7 nitrogen and oxygen atoms in total. The Bertz CT molecular complexity index is 1240. The second-order valence-electron chi connectivity index (χ2n) is 9.27. The standard InChI is InChI=1S/C27H32N4O3S/c1-20-17-26(24-10-3-4-11-25(24)28-20)29-13-15-30(16-14-29)27(32)21-7-6-12-31(19-21)35(33)23-9-5-8-22(18-23)34-2/h3-5,8-11,17-18,21H,6-7,12-16,19H2,1-2H3. The summed E-state index contributed by atoms with van der Waals surface area (Å²) in [4.78, 5) is 23.2. The van der Waals surface area contributed by atoms with Crippen LogP contribution in [0.4, 0.5) is 5.69 Å². The average Bonchev–Trinajstić information content (AvgIpc) is 2.92. The van der Waals surface area contributed by atoms with E-state index in [-0.39, 0.29) is 11.8 Å². The number of aromatic nitrogens is 1. The first-order valence-corrected chi connectivity index (χ1v) is 13.3. The van der Waals surface area contributed by atoms with Gasteiger partial charge in [0.15, 0.2) is 0 Å². The lowest BCUT2D eigenvalue weighted by molar-refractivity contribution is -0.137. The van der Waals surface area contributed by atoms with Crippen LogP contribution in [0.15, 0.2) is 59.5 Å². The van der Waals surface area contributed by atoms with Crippen LogP contribution in [0.25, 0.3) is 10.9 Å². The predicted molar refractivity (Wildman–Crippen MR) is 139 cm³/mol. The van der Waals surface area contributed by atoms with Crippen molar-refractivity contribution in [2.24, 2.45) is 5.92 Å². The fraction of sp³-hybridized carbons (Fsp3) is 0.407. The van der Waals surface area contributed by atoms with Crippen molar-refractivity contribution in [1.82, 2.24) is 14.2 Å². The van der Waals surface area contributed by atoms with Gasteiger partial charge < -0.3 is 14.5 Å². The van der Waals surface area contributed by atoms with E-state index < -0.39 is 11.0 Å². The van der Waals surface area contributed by atoms with Gasteiger partial charge in [0.1, 0.15) is 16.7 Å². The zero-order valence-corrected chi connectivity index (χ0v) is 21.2. The first-order valence-electron chi connectivity index (χ1n) is 12.2. The van der Waals surface area contributed by atoms with Gasteiger partial charge in [-0.25, -0.2) is 8.51 Å². The van der Waals surface area contributed by atoms with Gasteiger partial charge in [0.05, 0.1) is 23.4 Å². The minimum absolute atomic E-state index is 0.117. The Labute approximate surface area is 209 Å². The van der Waals surface area contributed by atoms with Crippen LogP contribution in [-0.2, 0) is 15.8 Å². The van der Waals surface area contributed by atoms with Crippen molar-refractivity contribution in [1.29, 1.82) is 0 Å². The Kier molecular flexibility index (Phi) is 7.02. The number of pyridine rings is 1. The Morgan fingerprint density at radius 1 is 1.03 bits per heavy atom. The van der Waals surface area contributed by atoms with E-state index in [1.165, 1.54) is 5.69 Å². The number of ether oxygens (including phenoxy) is 1. The molecule has 8 heteroatoms. The lowest BCUT2D eigenvalue weighted by Gasteiger charge is -2.39. The van der Waals surface area contributed by atoms with Crippen molar-refractivity contribution in [3.8, 4) is 5.75 Å². The number of piperidine rings is 1. The summed E-state index contributed by atoms with van der Waals surface area (Å²) < 4.78 is 20.4. The fourth-order valence-electron chi connectivity index (χ4n) is 5.13. The van der Waals surface area contributed by atoms with Crippen LogP contribution in [0.5, 0.6) is 5.75 Å². The quantitative estimate of drug-likeness (QED) is 0.544. The number of carbonyl (C=O) groups excluding carboxylic acids is 1. The number of nitrogens with zero attached hydrogens (tertiary/aromatic N) is 4. The van der Waals surface area contributed by atoms with Gasteiger partial charge in [0, 0.05) is 56.0 Å². The van der Waals surface area contributed by atoms with Gasteiger partial charge in [-0.15, -0.1) is 0 Å². The van der Waals surface area contributed by atoms with Gasteiger partial charge in [0.2, 0.25) is 5.91 Å². The van der Waals surface area contributed by atoms with E-state index >= 15 is 0 Å². The molecule has 2 unspecified atom stereocenters. The number of anilines is 1. The average molecular weight is 493 g/mol. The predicted octanol–water partition coefficient (Wildman–Crippen LogP) is 3.64. The molecule has 1 amide bonds. The Morgan fingerprint density at radius 2 is 1.83 bits per heavy atom. The van der Waals surface area contributed by atoms with Crippen LogP contribution in [-0.4, -0.2) is 70.7 Å². The highest BCUT2D eigenvalue weighted by Gasteiger charge is 2.33. The number of para-hydroxylation sites is 1. The third-order valence-electron chi connectivity index (χ3n) is 6.97. The molecule has 0 spiro atoms. The molecule has 2 aliphatic rings. The summed E-state index contributed by atoms with van der Waals surface area (Å²) in [6, 6.07) is 17.7. The number of fused-ring (bicyclic) bond motifs is 1. The Hall–Kier alpha value is -2.97. The van der Waals surface area contributed by atoms with Crippen LogP contribution in [0.1, 0.15) is 18.5 Å². The van der Waals surface area contributed by atoms with E-state index in [2.05, 4.69) is 28.1 Å². The second kappa shape index (κ2) is 10.3. The molecular formula is C27H32N4O3S. The van der Waals surface area contributed by atoms with Gasteiger partial charge in [0.25, 0.3) is 0 Å². The molecule has 3 aromatic rings. The van der Waals surface area contributed by atoms with Crippen molar-refractivity contribution in [3.05, 3.63) is 60.3 Å². The van der Waals surface area contributed by atoms with Crippen molar-refractivity contribution < 1.29 is 13.7 Å². The highest BCUT2D eigenvalue weighted by Crippen LogP contribution is 2.29. The fourth-order valence-corrected chi connectivity index (χ4v) is 6.45. The normalized spacial score (nSPS) is 20.1. The SMILES string of the molecule is COc1cccc(S(=O)N2CCCC(C(=O)N3CCN(c4cc(C)nc5ccccc45)CC3)C2)c1. The Balaban J connectivity index is 1.23. The van der Waals surface area contributed by atoms with Gasteiger partial charge >= 0.3 is 0 Å².